The highest BCUT2D eigenvalue weighted by Gasteiger charge is 2.15. The highest BCUT2D eigenvalue weighted by molar-refractivity contribution is 5.80. The first-order valence-electron chi connectivity index (χ1n) is 10.1. The molecular formula is C28H27N. The number of hydrogen-bond donors (Lipinski definition) is 0. The van der Waals surface area contributed by atoms with Crippen LogP contribution in [0.2, 0.25) is 0 Å². The number of rotatable bonds is 4. The SMILES string of the molecule is Cc1ccc(N(c2ccc(C)cc2)c2ccc(-c3cccc(C)c3)cc2C)cc1. The minimum atomic E-state index is 1.17. The van der Waals surface area contributed by atoms with Crippen molar-refractivity contribution < 1.29 is 0 Å². The minimum absolute atomic E-state index is 1.17. The van der Waals surface area contributed by atoms with Crippen LogP contribution in [0.25, 0.3) is 11.1 Å². The average Bonchev–Trinajstić information content (AvgIpc) is 2.72. The standard InChI is InChI=1S/C28H27N/c1-20-8-13-26(14-9-20)29(27-15-10-21(2)11-16-27)28-17-12-25(19-23(28)4)24-7-5-6-22(3)18-24/h5-19H,1-4H3. The van der Waals surface area contributed by atoms with E-state index in [1.165, 1.54) is 50.4 Å². The molecular weight excluding hydrogens is 350 g/mol. The first-order valence-corrected chi connectivity index (χ1v) is 10.1. The van der Waals surface area contributed by atoms with E-state index >= 15 is 0 Å². The second kappa shape index (κ2) is 7.97. The molecule has 0 aliphatic rings. The highest BCUT2D eigenvalue weighted by Crippen LogP contribution is 2.38. The maximum absolute atomic E-state index is 2.34. The molecule has 0 aliphatic heterocycles. The lowest BCUT2D eigenvalue weighted by atomic mass is 10.00. The quantitative estimate of drug-likeness (QED) is 0.347. The number of aryl methyl sites for hydroxylation is 4. The highest BCUT2D eigenvalue weighted by atomic mass is 15.1. The van der Waals surface area contributed by atoms with E-state index in [0.29, 0.717) is 0 Å². The van der Waals surface area contributed by atoms with Crippen molar-refractivity contribution in [3.05, 3.63) is 113 Å². The van der Waals surface area contributed by atoms with Crippen molar-refractivity contribution in [3.8, 4) is 11.1 Å². The smallest absolute Gasteiger partial charge is 0.0491 e. The molecule has 0 aliphatic carbocycles. The summed E-state index contributed by atoms with van der Waals surface area (Å²) in [5.74, 6) is 0. The second-order valence-corrected chi connectivity index (χ2v) is 7.88. The molecule has 0 amide bonds. The Labute approximate surface area is 174 Å². The van der Waals surface area contributed by atoms with Crippen molar-refractivity contribution in [1.82, 2.24) is 0 Å². The van der Waals surface area contributed by atoms with Crippen LogP contribution in [0.3, 0.4) is 0 Å². The van der Waals surface area contributed by atoms with Crippen molar-refractivity contribution in [1.29, 1.82) is 0 Å². The monoisotopic (exact) mass is 377 g/mol. The molecule has 144 valence electrons. The van der Waals surface area contributed by atoms with Crippen LogP contribution in [0.15, 0.2) is 91.0 Å². The van der Waals surface area contributed by atoms with E-state index < -0.39 is 0 Å². The third-order valence-electron chi connectivity index (χ3n) is 5.37. The predicted octanol–water partition coefficient (Wildman–Crippen LogP) is 8.06. The Bertz CT molecular complexity index is 1080. The number of benzene rings is 4. The van der Waals surface area contributed by atoms with E-state index in [0.717, 1.165) is 0 Å². The Morgan fingerprint density at radius 2 is 1.03 bits per heavy atom. The maximum Gasteiger partial charge on any atom is 0.0491 e. The van der Waals surface area contributed by atoms with Crippen molar-refractivity contribution in [2.24, 2.45) is 0 Å². The van der Waals surface area contributed by atoms with Gasteiger partial charge in [0.1, 0.15) is 0 Å². The summed E-state index contributed by atoms with van der Waals surface area (Å²) in [5.41, 5.74) is 11.1. The van der Waals surface area contributed by atoms with E-state index in [9.17, 15) is 0 Å². The Morgan fingerprint density at radius 1 is 0.483 bits per heavy atom. The first kappa shape index (κ1) is 19.0. The molecule has 4 aromatic carbocycles. The lowest BCUT2D eigenvalue weighted by molar-refractivity contribution is 1.24. The van der Waals surface area contributed by atoms with E-state index in [2.05, 4.69) is 124 Å². The van der Waals surface area contributed by atoms with Crippen LogP contribution < -0.4 is 4.90 Å². The van der Waals surface area contributed by atoms with Gasteiger partial charge in [-0.15, -0.1) is 0 Å². The zero-order valence-corrected chi connectivity index (χ0v) is 17.6. The predicted molar refractivity (Wildman–Crippen MR) is 126 cm³/mol. The van der Waals surface area contributed by atoms with Crippen LogP contribution >= 0.6 is 0 Å². The van der Waals surface area contributed by atoms with Gasteiger partial charge in [0.05, 0.1) is 0 Å². The summed E-state index contributed by atoms with van der Waals surface area (Å²) in [6, 6.07) is 32.9. The molecule has 0 atom stereocenters. The summed E-state index contributed by atoms with van der Waals surface area (Å²) in [6.45, 7) is 8.59. The Kier molecular flexibility index (Phi) is 5.22. The first-order chi connectivity index (χ1) is 14.0. The van der Waals surface area contributed by atoms with Crippen molar-refractivity contribution in [3.63, 3.8) is 0 Å². The fourth-order valence-corrected chi connectivity index (χ4v) is 3.73. The Morgan fingerprint density at radius 3 is 1.55 bits per heavy atom. The molecule has 1 heteroatoms. The second-order valence-electron chi connectivity index (χ2n) is 7.88. The fraction of sp³-hybridized carbons (Fsp3) is 0.143. The molecule has 0 saturated heterocycles. The van der Waals surface area contributed by atoms with E-state index in [1.54, 1.807) is 0 Å². The number of nitrogens with zero attached hydrogens (tertiary/aromatic N) is 1. The van der Waals surface area contributed by atoms with Crippen LogP contribution in [0.5, 0.6) is 0 Å². The van der Waals surface area contributed by atoms with Gasteiger partial charge in [-0.3, -0.25) is 0 Å². The van der Waals surface area contributed by atoms with Gasteiger partial charge in [-0.1, -0.05) is 71.3 Å². The molecule has 4 aromatic rings. The van der Waals surface area contributed by atoms with Crippen molar-refractivity contribution >= 4 is 17.1 Å². The Hall–Kier alpha value is -3.32. The molecule has 0 radical (unpaired) electrons. The average molecular weight is 378 g/mol. The van der Waals surface area contributed by atoms with E-state index in [1.807, 2.05) is 0 Å². The summed E-state index contributed by atoms with van der Waals surface area (Å²) in [6.07, 6.45) is 0. The van der Waals surface area contributed by atoms with E-state index in [4.69, 9.17) is 0 Å². The van der Waals surface area contributed by atoms with Crippen LogP contribution in [0.1, 0.15) is 22.3 Å². The van der Waals surface area contributed by atoms with Gasteiger partial charge < -0.3 is 4.90 Å². The van der Waals surface area contributed by atoms with Crippen LogP contribution in [0.4, 0.5) is 17.1 Å². The van der Waals surface area contributed by atoms with Gasteiger partial charge in [0, 0.05) is 17.1 Å². The number of hydrogen-bond acceptors (Lipinski definition) is 1. The molecule has 29 heavy (non-hydrogen) atoms. The summed E-state index contributed by atoms with van der Waals surface area (Å²) < 4.78 is 0. The summed E-state index contributed by atoms with van der Waals surface area (Å²) in [4.78, 5) is 2.34. The Balaban J connectivity index is 1.82. The summed E-state index contributed by atoms with van der Waals surface area (Å²) in [7, 11) is 0. The van der Waals surface area contributed by atoms with Gasteiger partial charge in [-0.25, -0.2) is 0 Å². The van der Waals surface area contributed by atoms with Crippen molar-refractivity contribution in [2.45, 2.75) is 27.7 Å². The molecule has 1 nitrogen and oxygen atoms in total. The molecule has 0 N–H and O–H groups in total. The molecule has 0 bridgehead atoms. The fourth-order valence-electron chi connectivity index (χ4n) is 3.73. The minimum Gasteiger partial charge on any atom is -0.310 e. The summed E-state index contributed by atoms with van der Waals surface area (Å²) >= 11 is 0. The molecule has 0 fully saturated rings. The van der Waals surface area contributed by atoms with Gasteiger partial charge in [-0.2, -0.15) is 0 Å². The van der Waals surface area contributed by atoms with Gasteiger partial charge in [-0.05, 0) is 80.8 Å². The molecule has 0 heterocycles. The van der Waals surface area contributed by atoms with Gasteiger partial charge in [0.25, 0.3) is 0 Å². The molecule has 0 aromatic heterocycles. The van der Waals surface area contributed by atoms with Crippen LogP contribution in [-0.2, 0) is 0 Å². The van der Waals surface area contributed by atoms with E-state index in [-0.39, 0.29) is 0 Å². The third-order valence-corrected chi connectivity index (χ3v) is 5.37. The zero-order valence-electron chi connectivity index (χ0n) is 17.6. The maximum atomic E-state index is 2.34. The largest absolute Gasteiger partial charge is 0.310 e. The lowest BCUT2D eigenvalue weighted by Gasteiger charge is -2.27. The summed E-state index contributed by atoms with van der Waals surface area (Å²) in [5, 5.41) is 0. The number of anilines is 3. The molecule has 4 rings (SSSR count). The van der Waals surface area contributed by atoms with Crippen LogP contribution in [-0.4, -0.2) is 0 Å². The topological polar surface area (TPSA) is 3.24 Å². The normalized spacial score (nSPS) is 10.8. The van der Waals surface area contributed by atoms with Crippen molar-refractivity contribution in [2.75, 3.05) is 4.90 Å². The van der Waals surface area contributed by atoms with Gasteiger partial charge in [0.15, 0.2) is 0 Å². The zero-order chi connectivity index (χ0) is 20.4. The molecule has 0 saturated carbocycles. The lowest BCUT2D eigenvalue weighted by Crippen LogP contribution is -2.11. The molecule has 0 spiro atoms. The molecule has 0 unspecified atom stereocenters. The third kappa shape index (κ3) is 4.09. The van der Waals surface area contributed by atoms with Gasteiger partial charge >= 0.3 is 0 Å². The van der Waals surface area contributed by atoms with Crippen LogP contribution in [0, 0.1) is 27.7 Å². The van der Waals surface area contributed by atoms with Gasteiger partial charge in [0.2, 0.25) is 0 Å².